The summed E-state index contributed by atoms with van der Waals surface area (Å²) >= 11 is 3.44. The molecule has 2 aromatic rings. The molecule has 2 rings (SSSR count). The zero-order valence-corrected chi connectivity index (χ0v) is 11.1. The number of hydrogen-bond acceptors (Lipinski definition) is 2. The van der Waals surface area contributed by atoms with Gasteiger partial charge >= 0.3 is 0 Å². The van der Waals surface area contributed by atoms with E-state index in [-0.39, 0.29) is 0 Å². The van der Waals surface area contributed by atoms with Gasteiger partial charge in [-0.2, -0.15) is 5.10 Å². The first kappa shape index (κ1) is 11.9. The lowest BCUT2D eigenvalue weighted by molar-refractivity contribution is 1.34. The fourth-order valence-electron chi connectivity index (χ4n) is 1.47. The summed E-state index contributed by atoms with van der Waals surface area (Å²) in [6, 6.07) is 16.0. The molecule has 0 radical (unpaired) electrons. The van der Waals surface area contributed by atoms with Crippen LogP contribution < -0.4 is 5.43 Å². The highest BCUT2D eigenvalue weighted by atomic mass is 79.9. The van der Waals surface area contributed by atoms with Crippen molar-refractivity contribution in [3.63, 3.8) is 0 Å². The molecule has 17 heavy (non-hydrogen) atoms. The number of rotatable bonds is 3. The predicted molar refractivity (Wildman–Crippen MR) is 76.5 cm³/mol. The maximum atomic E-state index is 4.21. The average molecular weight is 289 g/mol. The predicted octanol–water partition coefficient (Wildman–Crippen LogP) is 4.20. The van der Waals surface area contributed by atoms with Crippen LogP contribution in [0.4, 0.5) is 5.69 Å². The van der Waals surface area contributed by atoms with E-state index in [2.05, 4.69) is 39.4 Å². The van der Waals surface area contributed by atoms with E-state index in [0.717, 1.165) is 15.7 Å². The maximum absolute atomic E-state index is 4.21. The molecule has 2 nitrogen and oxygen atoms in total. The van der Waals surface area contributed by atoms with Crippen LogP contribution in [0.25, 0.3) is 0 Å². The third kappa shape index (κ3) is 3.43. The topological polar surface area (TPSA) is 24.4 Å². The molecule has 0 amide bonds. The van der Waals surface area contributed by atoms with Crippen molar-refractivity contribution in [3.05, 3.63) is 64.1 Å². The van der Waals surface area contributed by atoms with E-state index in [9.17, 15) is 0 Å². The zero-order valence-electron chi connectivity index (χ0n) is 9.52. The maximum Gasteiger partial charge on any atom is 0.0561 e. The Kier molecular flexibility index (Phi) is 3.94. The van der Waals surface area contributed by atoms with Gasteiger partial charge in [0.05, 0.1) is 11.9 Å². The molecule has 0 fully saturated rings. The van der Waals surface area contributed by atoms with Crippen LogP contribution >= 0.6 is 15.9 Å². The van der Waals surface area contributed by atoms with Crippen LogP contribution in [0.3, 0.4) is 0 Å². The summed E-state index contributed by atoms with van der Waals surface area (Å²) in [6.45, 7) is 2.06. The van der Waals surface area contributed by atoms with Gasteiger partial charge in [-0.25, -0.2) is 0 Å². The lowest BCUT2D eigenvalue weighted by Crippen LogP contribution is -1.92. The second-order valence-corrected chi connectivity index (χ2v) is 4.65. The summed E-state index contributed by atoms with van der Waals surface area (Å²) in [7, 11) is 0. The molecule has 1 N–H and O–H groups in total. The molecule has 2 aromatic carbocycles. The summed E-state index contributed by atoms with van der Waals surface area (Å²) in [4.78, 5) is 0. The van der Waals surface area contributed by atoms with Gasteiger partial charge in [-0.3, -0.25) is 5.43 Å². The van der Waals surface area contributed by atoms with E-state index < -0.39 is 0 Å². The van der Waals surface area contributed by atoms with Crippen molar-refractivity contribution in [1.82, 2.24) is 0 Å². The van der Waals surface area contributed by atoms with Gasteiger partial charge in [0.25, 0.3) is 0 Å². The van der Waals surface area contributed by atoms with Crippen LogP contribution in [-0.4, -0.2) is 6.21 Å². The van der Waals surface area contributed by atoms with E-state index in [4.69, 9.17) is 0 Å². The smallest absolute Gasteiger partial charge is 0.0561 e. The van der Waals surface area contributed by atoms with Crippen molar-refractivity contribution < 1.29 is 0 Å². The Bertz CT molecular complexity index is 521. The first-order chi connectivity index (χ1) is 8.25. The van der Waals surface area contributed by atoms with Crippen molar-refractivity contribution in [2.75, 3.05) is 5.43 Å². The summed E-state index contributed by atoms with van der Waals surface area (Å²) in [6.07, 6.45) is 1.83. The summed E-state index contributed by atoms with van der Waals surface area (Å²) < 4.78 is 1.09. The molecule has 0 aliphatic rings. The minimum absolute atomic E-state index is 0.985. The van der Waals surface area contributed by atoms with Gasteiger partial charge in [-0.1, -0.05) is 40.2 Å². The standard InChI is InChI=1S/C14H13BrN2/c1-11-9-13(15)8-7-12(11)10-16-17-14-5-3-2-4-6-14/h2-10,17H,1H3. The van der Waals surface area contributed by atoms with E-state index >= 15 is 0 Å². The van der Waals surface area contributed by atoms with Crippen LogP contribution in [0, 0.1) is 6.92 Å². The molecule has 0 spiro atoms. The number of para-hydroxylation sites is 1. The van der Waals surface area contributed by atoms with Gasteiger partial charge in [0.15, 0.2) is 0 Å². The second kappa shape index (κ2) is 5.64. The van der Waals surface area contributed by atoms with E-state index in [1.54, 1.807) is 0 Å². The van der Waals surface area contributed by atoms with Crippen molar-refractivity contribution >= 4 is 27.8 Å². The van der Waals surface area contributed by atoms with E-state index in [1.807, 2.05) is 48.7 Å². The third-order valence-electron chi connectivity index (χ3n) is 2.40. The lowest BCUT2D eigenvalue weighted by Gasteiger charge is -2.01. The van der Waals surface area contributed by atoms with E-state index in [0.29, 0.717) is 0 Å². The van der Waals surface area contributed by atoms with Crippen molar-refractivity contribution in [1.29, 1.82) is 0 Å². The highest BCUT2D eigenvalue weighted by Crippen LogP contribution is 2.14. The van der Waals surface area contributed by atoms with Crippen molar-refractivity contribution in [2.45, 2.75) is 6.92 Å². The normalized spacial score (nSPS) is 10.7. The molecule has 0 atom stereocenters. The first-order valence-electron chi connectivity index (χ1n) is 5.36. The molecule has 0 saturated carbocycles. The Morgan fingerprint density at radius 3 is 2.59 bits per heavy atom. The number of anilines is 1. The number of nitrogens with zero attached hydrogens (tertiary/aromatic N) is 1. The van der Waals surface area contributed by atoms with E-state index in [1.165, 1.54) is 5.56 Å². The molecule has 0 aliphatic carbocycles. The first-order valence-corrected chi connectivity index (χ1v) is 6.15. The van der Waals surface area contributed by atoms with Crippen molar-refractivity contribution in [2.24, 2.45) is 5.10 Å². The Morgan fingerprint density at radius 1 is 1.12 bits per heavy atom. The fourth-order valence-corrected chi connectivity index (χ4v) is 1.95. The van der Waals surface area contributed by atoms with Crippen LogP contribution in [0.2, 0.25) is 0 Å². The zero-order chi connectivity index (χ0) is 12.1. The summed E-state index contributed by atoms with van der Waals surface area (Å²) in [5.74, 6) is 0. The molecule has 0 aliphatic heterocycles. The van der Waals surface area contributed by atoms with Gasteiger partial charge in [-0.15, -0.1) is 0 Å². The minimum atomic E-state index is 0.985. The van der Waals surface area contributed by atoms with Gasteiger partial charge in [0.2, 0.25) is 0 Å². The molecule has 0 saturated heterocycles. The number of hydrazone groups is 1. The molecule has 0 aromatic heterocycles. The number of hydrogen-bond donors (Lipinski definition) is 1. The highest BCUT2D eigenvalue weighted by molar-refractivity contribution is 9.10. The fraction of sp³-hybridized carbons (Fsp3) is 0.0714. The molecule has 3 heteroatoms. The van der Waals surface area contributed by atoms with Gasteiger partial charge < -0.3 is 0 Å². The third-order valence-corrected chi connectivity index (χ3v) is 2.90. The number of nitrogens with one attached hydrogen (secondary N) is 1. The highest BCUT2D eigenvalue weighted by Gasteiger charge is 1.95. The average Bonchev–Trinajstić information content (AvgIpc) is 2.33. The Morgan fingerprint density at radius 2 is 1.88 bits per heavy atom. The minimum Gasteiger partial charge on any atom is -0.279 e. The van der Waals surface area contributed by atoms with Crippen LogP contribution in [0.5, 0.6) is 0 Å². The molecular formula is C14H13BrN2. The van der Waals surface area contributed by atoms with Gasteiger partial charge in [0, 0.05) is 4.47 Å². The monoisotopic (exact) mass is 288 g/mol. The van der Waals surface area contributed by atoms with Crippen LogP contribution in [0.15, 0.2) is 58.1 Å². The lowest BCUT2D eigenvalue weighted by atomic mass is 10.1. The number of halogens is 1. The number of benzene rings is 2. The Balaban J connectivity index is 2.06. The van der Waals surface area contributed by atoms with Crippen LogP contribution in [0.1, 0.15) is 11.1 Å². The largest absolute Gasteiger partial charge is 0.279 e. The van der Waals surface area contributed by atoms with Crippen molar-refractivity contribution in [3.8, 4) is 0 Å². The SMILES string of the molecule is Cc1cc(Br)ccc1C=NNc1ccccc1. The molecule has 0 unspecified atom stereocenters. The molecular weight excluding hydrogens is 276 g/mol. The Hall–Kier alpha value is -1.61. The molecule has 86 valence electrons. The molecule has 0 bridgehead atoms. The summed E-state index contributed by atoms with van der Waals surface area (Å²) in [5, 5.41) is 4.21. The van der Waals surface area contributed by atoms with Gasteiger partial charge in [-0.05, 0) is 42.3 Å². The number of aryl methyl sites for hydroxylation is 1. The second-order valence-electron chi connectivity index (χ2n) is 3.74. The summed E-state index contributed by atoms with van der Waals surface area (Å²) in [5.41, 5.74) is 6.28. The quantitative estimate of drug-likeness (QED) is 0.664. The van der Waals surface area contributed by atoms with Gasteiger partial charge in [0.1, 0.15) is 0 Å². The molecule has 0 heterocycles. The van der Waals surface area contributed by atoms with Crippen LogP contribution in [-0.2, 0) is 0 Å². The Labute approximate surface area is 110 Å².